The van der Waals surface area contributed by atoms with E-state index in [-0.39, 0.29) is 5.54 Å². The molecule has 0 radical (unpaired) electrons. The Labute approximate surface area is 113 Å². The number of aromatic nitrogens is 1. The molecule has 17 heavy (non-hydrogen) atoms. The molecule has 1 saturated heterocycles. The second kappa shape index (κ2) is 4.55. The number of nitrogens with two attached hydrogens (primary N) is 1. The van der Waals surface area contributed by atoms with Crippen LogP contribution in [-0.4, -0.2) is 29.9 Å². The maximum atomic E-state index is 11.0. The van der Waals surface area contributed by atoms with Crippen LogP contribution in [-0.2, 0) is 0 Å². The highest BCUT2D eigenvalue weighted by atomic mass is 79.9. The summed E-state index contributed by atoms with van der Waals surface area (Å²) in [6, 6.07) is 0. The summed E-state index contributed by atoms with van der Waals surface area (Å²) in [6.45, 7) is 3.52. The smallest absolute Gasteiger partial charge is 0.153 e. The lowest BCUT2D eigenvalue weighted by Gasteiger charge is -2.24. The van der Waals surface area contributed by atoms with Crippen molar-refractivity contribution in [1.29, 1.82) is 0 Å². The molecule has 1 aromatic rings. The summed E-state index contributed by atoms with van der Waals surface area (Å²) < 4.78 is 0.654. The van der Waals surface area contributed by atoms with E-state index in [2.05, 4.69) is 25.8 Å². The Morgan fingerprint density at radius 3 is 2.94 bits per heavy atom. The van der Waals surface area contributed by atoms with Gasteiger partial charge in [-0.25, -0.2) is 4.98 Å². The monoisotopic (exact) mass is 317 g/mol. The van der Waals surface area contributed by atoms with Crippen molar-refractivity contribution < 1.29 is 4.79 Å². The SMILES string of the molecule is C[C@]1(N)CCN(c2c(C=O)cnc(Cl)c2Br)C1. The van der Waals surface area contributed by atoms with Gasteiger partial charge in [-0.2, -0.15) is 0 Å². The van der Waals surface area contributed by atoms with Gasteiger partial charge >= 0.3 is 0 Å². The van der Waals surface area contributed by atoms with Gasteiger partial charge in [-0.15, -0.1) is 0 Å². The Balaban J connectivity index is 2.44. The van der Waals surface area contributed by atoms with Crippen molar-refractivity contribution in [2.24, 2.45) is 5.73 Å². The maximum absolute atomic E-state index is 11.0. The first-order chi connectivity index (χ1) is 7.94. The van der Waals surface area contributed by atoms with Gasteiger partial charge in [-0.3, -0.25) is 4.79 Å². The van der Waals surface area contributed by atoms with Gasteiger partial charge in [0.05, 0.1) is 15.7 Å². The second-order valence-electron chi connectivity index (χ2n) is 4.61. The molecular formula is C11H13BrClN3O. The first-order valence-corrected chi connectivity index (χ1v) is 6.45. The Morgan fingerprint density at radius 1 is 1.71 bits per heavy atom. The van der Waals surface area contributed by atoms with Crippen molar-refractivity contribution in [3.05, 3.63) is 21.4 Å². The number of hydrogen-bond donors (Lipinski definition) is 1. The van der Waals surface area contributed by atoms with E-state index in [0.29, 0.717) is 21.7 Å². The average molecular weight is 319 g/mol. The molecule has 0 aromatic carbocycles. The minimum atomic E-state index is -0.227. The number of hydrogen-bond acceptors (Lipinski definition) is 4. The second-order valence-corrected chi connectivity index (χ2v) is 5.76. The summed E-state index contributed by atoms with van der Waals surface area (Å²) in [6.07, 6.45) is 3.16. The Kier molecular flexibility index (Phi) is 3.43. The number of anilines is 1. The van der Waals surface area contributed by atoms with Gasteiger partial charge in [-0.1, -0.05) is 11.6 Å². The van der Waals surface area contributed by atoms with Crippen LogP contribution in [0.25, 0.3) is 0 Å². The summed E-state index contributed by atoms with van der Waals surface area (Å²) in [5, 5.41) is 0.358. The zero-order chi connectivity index (χ0) is 12.6. The molecule has 0 saturated carbocycles. The number of halogens is 2. The largest absolute Gasteiger partial charge is 0.368 e. The third-order valence-electron chi connectivity index (χ3n) is 2.93. The van der Waals surface area contributed by atoms with Gasteiger partial charge in [0, 0.05) is 24.8 Å². The van der Waals surface area contributed by atoms with Gasteiger partial charge in [0.25, 0.3) is 0 Å². The lowest BCUT2D eigenvalue weighted by Crippen LogP contribution is -2.39. The van der Waals surface area contributed by atoms with Gasteiger partial charge in [0.2, 0.25) is 0 Å². The predicted octanol–water partition coefficient (Wildman–Crippen LogP) is 2.24. The molecule has 0 aliphatic carbocycles. The molecule has 0 amide bonds. The molecule has 6 heteroatoms. The van der Waals surface area contributed by atoms with Crippen LogP contribution in [0.15, 0.2) is 10.7 Å². The molecule has 1 aromatic heterocycles. The number of pyridine rings is 1. The van der Waals surface area contributed by atoms with Crippen molar-refractivity contribution >= 4 is 39.5 Å². The first kappa shape index (κ1) is 12.8. The molecule has 4 nitrogen and oxygen atoms in total. The standard InChI is InChI=1S/C11H13BrClN3O/c1-11(14)2-3-16(6-11)9-7(5-17)4-15-10(13)8(9)12/h4-5H,2-3,6,14H2,1H3/t11-/m0/s1. The molecule has 1 aliphatic heterocycles. The number of carbonyl (C=O) groups excluding carboxylic acids is 1. The number of aldehydes is 1. The topological polar surface area (TPSA) is 59.2 Å². The lowest BCUT2D eigenvalue weighted by molar-refractivity contribution is 0.112. The molecule has 2 N–H and O–H groups in total. The number of nitrogens with zero attached hydrogens (tertiary/aromatic N) is 2. The molecular weight excluding hydrogens is 305 g/mol. The zero-order valence-electron chi connectivity index (χ0n) is 9.41. The third-order valence-corrected chi connectivity index (χ3v) is 4.19. The van der Waals surface area contributed by atoms with Gasteiger partial charge in [0.15, 0.2) is 6.29 Å². The normalized spacial score (nSPS) is 24.1. The summed E-state index contributed by atoms with van der Waals surface area (Å²) in [5.74, 6) is 0. The van der Waals surface area contributed by atoms with Crippen molar-refractivity contribution in [2.75, 3.05) is 18.0 Å². The van der Waals surface area contributed by atoms with Gasteiger partial charge in [0.1, 0.15) is 5.15 Å². The highest BCUT2D eigenvalue weighted by Gasteiger charge is 2.32. The number of carbonyl (C=O) groups is 1. The van der Waals surface area contributed by atoms with Crippen LogP contribution in [0, 0.1) is 0 Å². The quantitative estimate of drug-likeness (QED) is 0.671. The van der Waals surface area contributed by atoms with Crippen LogP contribution in [0.4, 0.5) is 5.69 Å². The fourth-order valence-corrected chi connectivity index (χ4v) is 2.77. The summed E-state index contributed by atoms with van der Waals surface area (Å²) in [4.78, 5) is 17.1. The van der Waals surface area contributed by atoms with E-state index < -0.39 is 0 Å². The minimum absolute atomic E-state index is 0.227. The molecule has 0 unspecified atom stereocenters. The summed E-state index contributed by atoms with van der Waals surface area (Å²) in [5.41, 5.74) is 7.18. The predicted molar refractivity (Wildman–Crippen MR) is 71.8 cm³/mol. The molecule has 1 fully saturated rings. The van der Waals surface area contributed by atoms with E-state index in [1.807, 2.05) is 6.92 Å². The maximum Gasteiger partial charge on any atom is 0.153 e. The molecule has 1 aliphatic rings. The summed E-state index contributed by atoms with van der Waals surface area (Å²) >= 11 is 9.34. The third kappa shape index (κ3) is 2.46. The molecule has 0 bridgehead atoms. The van der Waals surface area contributed by atoms with E-state index in [4.69, 9.17) is 17.3 Å². The van der Waals surface area contributed by atoms with Crippen LogP contribution >= 0.6 is 27.5 Å². The van der Waals surface area contributed by atoms with Crippen molar-refractivity contribution in [1.82, 2.24) is 4.98 Å². The van der Waals surface area contributed by atoms with Gasteiger partial charge < -0.3 is 10.6 Å². The zero-order valence-corrected chi connectivity index (χ0v) is 11.8. The highest BCUT2D eigenvalue weighted by Crippen LogP contribution is 2.36. The van der Waals surface area contributed by atoms with E-state index in [9.17, 15) is 4.79 Å². The molecule has 1 atom stereocenters. The molecule has 2 heterocycles. The van der Waals surface area contributed by atoms with Crippen molar-refractivity contribution in [3.8, 4) is 0 Å². The van der Waals surface area contributed by atoms with E-state index in [1.165, 1.54) is 6.20 Å². The summed E-state index contributed by atoms with van der Waals surface area (Å²) in [7, 11) is 0. The van der Waals surface area contributed by atoms with E-state index >= 15 is 0 Å². The Morgan fingerprint density at radius 2 is 2.41 bits per heavy atom. The van der Waals surface area contributed by atoms with Crippen LogP contribution in [0.5, 0.6) is 0 Å². The minimum Gasteiger partial charge on any atom is -0.368 e. The molecule has 92 valence electrons. The fraction of sp³-hybridized carbons (Fsp3) is 0.455. The van der Waals surface area contributed by atoms with Crippen LogP contribution in [0.2, 0.25) is 5.15 Å². The van der Waals surface area contributed by atoms with Gasteiger partial charge in [-0.05, 0) is 29.3 Å². The fourth-order valence-electron chi connectivity index (χ4n) is 2.05. The van der Waals surface area contributed by atoms with Crippen LogP contribution in [0.3, 0.4) is 0 Å². The lowest BCUT2D eigenvalue weighted by atomic mass is 10.0. The Bertz CT molecular complexity index is 464. The van der Waals surface area contributed by atoms with Crippen LogP contribution < -0.4 is 10.6 Å². The highest BCUT2D eigenvalue weighted by molar-refractivity contribution is 9.10. The average Bonchev–Trinajstić information content (AvgIpc) is 2.62. The van der Waals surface area contributed by atoms with Crippen LogP contribution in [0.1, 0.15) is 23.7 Å². The number of rotatable bonds is 2. The van der Waals surface area contributed by atoms with Crippen molar-refractivity contribution in [3.63, 3.8) is 0 Å². The molecule has 2 rings (SSSR count). The van der Waals surface area contributed by atoms with Crippen molar-refractivity contribution in [2.45, 2.75) is 18.9 Å². The first-order valence-electron chi connectivity index (χ1n) is 5.27. The van der Waals surface area contributed by atoms with E-state index in [1.54, 1.807) is 0 Å². The van der Waals surface area contributed by atoms with E-state index in [0.717, 1.165) is 24.9 Å². The Hall–Kier alpha value is -0.650. The molecule has 0 spiro atoms.